The van der Waals surface area contributed by atoms with Crippen molar-refractivity contribution in [1.29, 1.82) is 0 Å². The molecule has 0 amide bonds. The summed E-state index contributed by atoms with van der Waals surface area (Å²) in [6.07, 6.45) is 2.21. The molecule has 23 heavy (non-hydrogen) atoms. The lowest BCUT2D eigenvalue weighted by Crippen LogP contribution is -2.32. The summed E-state index contributed by atoms with van der Waals surface area (Å²) in [5.74, 6) is 0.520. The Kier molecular flexibility index (Phi) is 4.88. The van der Waals surface area contributed by atoms with E-state index >= 15 is 0 Å². The molecule has 5 nitrogen and oxygen atoms in total. The Morgan fingerprint density at radius 1 is 1.17 bits per heavy atom. The van der Waals surface area contributed by atoms with E-state index in [9.17, 15) is 4.79 Å². The second kappa shape index (κ2) is 7.24. The number of rotatable bonds is 4. The highest BCUT2D eigenvalue weighted by Crippen LogP contribution is 2.33. The van der Waals surface area contributed by atoms with Crippen LogP contribution in [-0.4, -0.2) is 34.2 Å². The van der Waals surface area contributed by atoms with Gasteiger partial charge < -0.3 is 9.84 Å². The van der Waals surface area contributed by atoms with E-state index in [0.29, 0.717) is 5.92 Å². The fraction of sp³-hybridized carbons (Fsp3) is 0.333. The van der Waals surface area contributed by atoms with Crippen LogP contribution in [-0.2, 0) is 6.54 Å². The molecule has 0 unspecified atom stereocenters. The van der Waals surface area contributed by atoms with E-state index in [1.54, 1.807) is 6.20 Å². The van der Waals surface area contributed by atoms with E-state index in [2.05, 4.69) is 34.1 Å². The summed E-state index contributed by atoms with van der Waals surface area (Å²) in [6.45, 7) is 2.93. The molecule has 2 aromatic rings. The van der Waals surface area contributed by atoms with Crippen molar-refractivity contribution in [3.63, 3.8) is 0 Å². The molecular formula is C18H20N2O3. The van der Waals surface area contributed by atoms with Crippen LogP contribution in [0.3, 0.4) is 0 Å². The summed E-state index contributed by atoms with van der Waals surface area (Å²) in [4.78, 5) is 17.3. The highest BCUT2D eigenvalue weighted by molar-refractivity contribution is 5.61. The highest BCUT2D eigenvalue weighted by Gasteiger charge is 2.24. The Hall–Kier alpha value is -2.40. The van der Waals surface area contributed by atoms with Gasteiger partial charge in [-0.3, -0.25) is 4.90 Å². The number of hydrogen-bond acceptors (Lipinski definition) is 4. The van der Waals surface area contributed by atoms with Gasteiger partial charge in [0.1, 0.15) is 0 Å². The van der Waals surface area contributed by atoms with Crippen LogP contribution in [0.15, 0.2) is 48.7 Å². The van der Waals surface area contributed by atoms with Gasteiger partial charge in [-0.25, -0.2) is 9.78 Å². The SMILES string of the molecule is O=C(O)Oc1ncccc1C1CCN(Cc2ccccc2)CC1. The third-order valence-electron chi connectivity index (χ3n) is 4.26. The van der Waals surface area contributed by atoms with Gasteiger partial charge in [0.05, 0.1) is 0 Å². The monoisotopic (exact) mass is 312 g/mol. The molecule has 0 saturated carbocycles. The number of carboxylic acid groups (broad SMARTS) is 1. The molecule has 1 saturated heterocycles. The Morgan fingerprint density at radius 2 is 1.91 bits per heavy atom. The number of hydrogen-bond donors (Lipinski definition) is 1. The molecule has 1 N–H and O–H groups in total. The van der Waals surface area contributed by atoms with E-state index in [1.807, 2.05) is 18.2 Å². The molecule has 1 aliphatic heterocycles. The van der Waals surface area contributed by atoms with Crippen molar-refractivity contribution < 1.29 is 14.6 Å². The minimum absolute atomic E-state index is 0.224. The van der Waals surface area contributed by atoms with Crippen molar-refractivity contribution in [1.82, 2.24) is 9.88 Å². The third-order valence-corrected chi connectivity index (χ3v) is 4.26. The van der Waals surface area contributed by atoms with Crippen LogP contribution in [0, 0.1) is 0 Å². The zero-order chi connectivity index (χ0) is 16.1. The summed E-state index contributed by atoms with van der Waals surface area (Å²) in [5, 5.41) is 8.83. The first-order chi connectivity index (χ1) is 11.2. The van der Waals surface area contributed by atoms with Crippen LogP contribution in [0.2, 0.25) is 0 Å². The predicted octanol–water partition coefficient (Wildman–Crippen LogP) is 3.52. The van der Waals surface area contributed by atoms with Crippen LogP contribution in [0.4, 0.5) is 4.79 Å². The number of piperidine rings is 1. The van der Waals surface area contributed by atoms with Gasteiger partial charge in [-0.05, 0) is 43.5 Å². The molecule has 120 valence electrons. The molecule has 3 rings (SSSR count). The van der Waals surface area contributed by atoms with E-state index in [-0.39, 0.29) is 5.88 Å². The molecule has 0 aliphatic carbocycles. The minimum atomic E-state index is -1.31. The minimum Gasteiger partial charge on any atom is -0.449 e. The summed E-state index contributed by atoms with van der Waals surface area (Å²) in [7, 11) is 0. The zero-order valence-electron chi connectivity index (χ0n) is 12.9. The van der Waals surface area contributed by atoms with Gasteiger partial charge >= 0.3 is 6.16 Å². The first-order valence-corrected chi connectivity index (χ1v) is 7.84. The number of benzene rings is 1. The van der Waals surface area contributed by atoms with Crippen LogP contribution in [0.25, 0.3) is 0 Å². The van der Waals surface area contributed by atoms with E-state index in [4.69, 9.17) is 9.84 Å². The van der Waals surface area contributed by atoms with Crippen molar-refractivity contribution in [2.24, 2.45) is 0 Å². The van der Waals surface area contributed by atoms with Crippen LogP contribution >= 0.6 is 0 Å². The lowest BCUT2D eigenvalue weighted by atomic mass is 9.90. The molecule has 1 aromatic carbocycles. The Balaban J connectivity index is 1.62. The summed E-state index contributed by atoms with van der Waals surface area (Å²) < 4.78 is 4.81. The zero-order valence-corrected chi connectivity index (χ0v) is 12.9. The van der Waals surface area contributed by atoms with Gasteiger partial charge in [-0.15, -0.1) is 0 Å². The average molecular weight is 312 g/mol. The van der Waals surface area contributed by atoms with Crippen molar-refractivity contribution in [3.8, 4) is 5.88 Å². The quantitative estimate of drug-likeness (QED) is 0.875. The molecule has 0 atom stereocenters. The number of carbonyl (C=O) groups is 1. The predicted molar refractivity (Wildman–Crippen MR) is 86.6 cm³/mol. The van der Waals surface area contributed by atoms with Crippen LogP contribution in [0.5, 0.6) is 5.88 Å². The molecule has 1 aliphatic rings. The summed E-state index contributed by atoms with van der Waals surface area (Å²) >= 11 is 0. The first kappa shape index (κ1) is 15.5. The number of nitrogens with zero attached hydrogens (tertiary/aromatic N) is 2. The van der Waals surface area contributed by atoms with E-state index in [0.717, 1.165) is 38.0 Å². The standard InChI is InChI=1S/C18H20N2O3/c21-18(22)23-17-16(7-4-10-19-17)15-8-11-20(12-9-15)13-14-5-2-1-3-6-14/h1-7,10,15H,8-9,11-13H2,(H,21,22). The van der Waals surface area contributed by atoms with Crippen molar-refractivity contribution in [2.75, 3.05) is 13.1 Å². The molecule has 0 bridgehead atoms. The summed E-state index contributed by atoms with van der Waals surface area (Å²) in [5.41, 5.74) is 2.22. The van der Waals surface area contributed by atoms with Crippen LogP contribution < -0.4 is 4.74 Å². The number of aromatic nitrogens is 1. The molecule has 2 heterocycles. The molecule has 0 spiro atoms. The molecule has 5 heteroatoms. The molecular weight excluding hydrogens is 292 g/mol. The van der Waals surface area contributed by atoms with Gasteiger partial charge in [-0.1, -0.05) is 36.4 Å². The normalized spacial score (nSPS) is 16.2. The fourth-order valence-corrected chi connectivity index (χ4v) is 3.13. The molecule has 1 fully saturated rings. The highest BCUT2D eigenvalue weighted by atomic mass is 16.7. The van der Waals surface area contributed by atoms with Gasteiger partial charge in [0.2, 0.25) is 5.88 Å². The maximum Gasteiger partial charge on any atom is 0.512 e. The van der Waals surface area contributed by atoms with Crippen LogP contribution in [0.1, 0.15) is 29.9 Å². The van der Waals surface area contributed by atoms with Gasteiger partial charge in [-0.2, -0.15) is 0 Å². The average Bonchev–Trinajstić information content (AvgIpc) is 2.57. The maximum atomic E-state index is 10.8. The number of pyridine rings is 1. The Bertz CT molecular complexity index is 652. The van der Waals surface area contributed by atoms with E-state index < -0.39 is 6.16 Å². The van der Waals surface area contributed by atoms with Crippen molar-refractivity contribution in [2.45, 2.75) is 25.3 Å². The largest absolute Gasteiger partial charge is 0.512 e. The van der Waals surface area contributed by atoms with Crippen molar-refractivity contribution >= 4 is 6.16 Å². The third kappa shape index (κ3) is 4.07. The van der Waals surface area contributed by atoms with Gasteiger partial charge in [0.15, 0.2) is 0 Å². The molecule has 0 radical (unpaired) electrons. The first-order valence-electron chi connectivity index (χ1n) is 7.84. The topological polar surface area (TPSA) is 62.7 Å². The van der Waals surface area contributed by atoms with Gasteiger partial charge in [0, 0.05) is 18.3 Å². The maximum absolute atomic E-state index is 10.8. The number of likely N-dealkylation sites (tertiary alicyclic amines) is 1. The fourth-order valence-electron chi connectivity index (χ4n) is 3.13. The number of ether oxygens (including phenoxy) is 1. The Morgan fingerprint density at radius 3 is 2.61 bits per heavy atom. The van der Waals surface area contributed by atoms with Crippen molar-refractivity contribution in [3.05, 3.63) is 59.8 Å². The van der Waals surface area contributed by atoms with Gasteiger partial charge in [0.25, 0.3) is 0 Å². The second-order valence-corrected chi connectivity index (χ2v) is 5.80. The van der Waals surface area contributed by atoms with E-state index in [1.165, 1.54) is 5.56 Å². The lowest BCUT2D eigenvalue weighted by molar-refractivity contribution is 0.141. The lowest BCUT2D eigenvalue weighted by Gasteiger charge is -2.32. The smallest absolute Gasteiger partial charge is 0.449 e. The second-order valence-electron chi connectivity index (χ2n) is 5.80. The Labute approximate surface area is 135 Å². The summed E-state index contributed by atoms with van der Waals surface area (Å²) in [6, 6.07) is 14.2. The molecule has 1 aromatic heterocycles.